The maximum absolute atomic E-state index is 13.3. The first-order chi connectivity index (χ1) is 8.08. The molecule has 0 aliphatic carbocycles. The van der Waals surface area contributed by atoms with Crippen molar-refractivity contribution in [3.63, 3.8) is 0 Å². The van der Waals surface area contributed by atoms with Crippen molar-refractivity contribution in [2.24, 2.45) is 0 Å². The zero-order chi connectivity index (χ0) is 12.4. The first-order valence-electron chi connectivity index (χ1n) is 5.24. The van der Waals surface area contributed by atoms with Crippen LogP contribution in [0.3, 0.4) is 0 Å². The number of carbonyl (C=O) groups is 1. The van der Waals surface area contributed by atoms with Crippen LogP contribution in [0.5, 0.6) is 0 Å². The summed E-state index contributed by atoms with van der Waals surface area (Å²) in [4.78, 5) is 11.6. The molecule has 1 aromatic rings. The van der Waals surface area contributed by atoms with Crippen LogP contribution >= 0.6 is 0 Å². The molecule has 0 spiro atoms. The molecule has 3 nitrogen and oxygen atoms in total. The lowest BCUT2D eigenvalue weighted by atomic mass is 10.1. The smallest absolute Gasteiger partial charge is 0.257 e. The molecule has 1 unspecified atom stereocenters. The van der Waals surface area contributed by atoms with E-state index in [2.05, 4.69) is 10.6 Å². The molecule has 1 fully saturated rings. The highest BCUT2D eigenvalue weighted by molar-refractivity contribution is 5.95. The van der Waals surface area contributed by atoms with Gasteiger partial charge in [-0.15, -0.1) is 0 Å². The molecule has 92 valence electrons. The van der Waals surface area contributed by atoms with Gasteiger partial charge in [0, 0.05) is 24.7 Å². The van der Waals surface area contributed by atoms with Crippen LogP contribution in [0.25, 0.3) is 0 Å². The SMILES string of the molecule is O=C(NC1CCNC1)c1c(F)cc(F)cc1F. The summed E-state index contributed by atoms with van der Waals surface area (Å²) in [6, 6.07) is 0.835. The molecule has 1 heterocycles. The largest absolute Gasteiger partial charge is 0.348 e. The molecule has 0 saturated carbocycles. The molecular weight excluding hydrogens is 233 g/mol. The highest BCUT2D eigenvalue weighted by atomic mass is 19.1. The average molecular weight is 244 g/mol. The summed E-state index contributed by atoms with van der Waals surface area (Å²) in [6.07, 6.45) is 0.705. The van der Waals surface area contributed by atoms with Gasteiger partial charge in [0.15, 0.2) is 0 Å². The van der Waals surface area contributed by atoms with Gasteiger partial charge in [-0.1, -0.05) is 0 Å². The van der Waals surface area contributed by atoms with E-state index in [0.717, 1.165) is 6.54 Å². The molecule has 0 aromatic heterocycles. The molecule has 2 N–H and O–H groups in total. The number of benzene rings is 1. The Morgan fingerprint density at radius 1 is 1.29 bits per heavy atom. The zero-order valence-electron chi connectivity index (χ0n) is 8.90. The van der Waals surface area contributed by atoms with Gasteiger partial charge in [0.25, 0.3) is 5.91 Å². The van der Waals surface area contributed by atoms with Gasteiger partial charge in [-0.2, -0.15) is 0 Å². The quantitative estimate of drug-likeness (QED) is 0.820. The van der Waals surface area contributed by atoms with Crippen LogP contribution in [0.15, 0.2) is 12.1 Å². The van der Waals surface area contributed by atoms with E-state index in [0.29, 0.717) is 25.1 Å². The lowest BCUT2D eigenvalue weighted by molar-refractivity contribution is 0.0931. The van der Waals surface area contributed by atoms with E-state index < -0.39 is 28.9 Å². The third kappa shape index (κ3) is 2.58. The fraction of sp³-hybridized carbons (Fsp3) is 0.364. The van der Waals surface area contributed by atoms with Crippen LogP contribution in [0.1, 0.15) is 16.8 Å². The second-order valence-electron chi connectivity index (χ2n) is 3.91. The third-order valence-electron chi connectivity index (χ3n) is 2.63. The van der Waals surface area contributed by atoms with Gasteiger partial charge in [0.1, 0.15) is 23.0 Å². The average Bonchev–Trinajstić information content (AvgIpc) is 2.68. The molecule has 0 bridgehead atoms. The Kier molecular flexibility index (Phi) is 3.33. The molecule has 1 aromatic carbocycles. The van der Waals surface area contributed by atoms with Gasteiger partial charge in [0.05, 0.1) is 0 Å². The Morgan fingerprint density at radius 3 is 2.47 bits per heavy atom. The zero-order valence-corrected chi connectivity index (χ0v) is 8.90. The van der Waals surface area contributed by atoms with Crippen molar-refractivity contribution in [3.05, 3.63) is 35.1 Å². The van der Waals surface area contributed by atoms with Gasteiger partial charge < -0.3 is 10.6 Å². The van der Waals surface area contributed by atoms with Crippen LogP contribution in [0.4, 0.5) is 13.2 Å². The minimum atomic E-state index is -1.19. The number of hydrogen-bond donors (Lipinski definition) is 2. The van der Waals surface area contributed by atoms with Crippen molar-refractivity contribution in [2.75, 3.05) is 13.1 Å². The molecule has 1 aliphatic rings. The molecular formula is C11H11F3N2O. The maximum atomic E-state index is 13.3. The highest BCUT2D eigenvalue weighted by Crippen LogP contribution is 2.15. The number of hydrogen-bond acceptors (Lipinski definition) is 2. The Balaban J connectivity index is 2.18. The fourth-order valence-electron chi connectivity index (χ4n) is 1.79. The summed E-state index contributed by atoms with van der Waals surface area (Å²) in [5.41, 5.74) is -0.738. The van der Waals surface area contributed by atoms with Crippen molar-refractivity contribution in [3.8, 4) is 0 Å². The van der Waals surface area contributed by atoms with E-state index >= 15 is 0 Å². The lowest BCUT2D eigenvalue weighted by Crippen LogP contribution is -2.37. The summed E-state index contributed by atoms with van der Waals surface area (Å²) in [6.45, 7) is 1.31. The third-order valence-corrected chi connectivity index (χ3v) is 2.63. The van der Waals surface area contributed by atoms with Crippen LogP contribution in [0, 0.1) is 17.5 Å². The molecule has 1 aliphatic heterocycles. The normalized spacial score (nSPS) is 19.4. The van der Waals surface area contributed by atoms with Gasteiger partial charge in [0.2, 0.25) is 0 Å². The summed E-state index contributed by atoms with van der Waals surface area (Å²) in [7, 11) is 0. The Morgan fingerprint density at radius 2 is 1.94 bits per heavy atom. The van der Waals surface area contributed by atoms with E-state index in [1.54, 1.807) is 0 Å². The van der Waals surface area contributed by atoms with Gasteiger partial charge in [-0.05, 0) is 13.0 Å². The summed E-state index contributed by atoms with van der Waals surface area (Å²) >= 11 is 0. The number of carbonyl (C=O) groups excluding carboxylic acids is 1. The van der Waals surface area contributed by atoms with Crippen molar-refractivity contribution in [1.29, 1.82) is 0 Å². The summed E-state index contributed by atoms with van der Waals surface area (Å²) in [5, 5.41) is 5.50. The lowest BCUT2D eigenvalue weighted by Gasteiger charge is -2.12. The van der Waals surface area contributed by atoms with Crippen LogP contribution in [0.2, 0.25) is 0 Å². The van der Waals surface area contributed by atoms with E-state index in [1.165, 1.54) is 0 Å². The predicted octanol–water partition coefficient (Wildman–Crippen LogP) is 1.20. The molecule has 17 heavy (non-hydrogen) atoms. The van der Waals surface area contributed by atoms with E-state index in [-0.39, 0.29) is 6.04 Å². The Bertz CT molecular complexity index is 421. The summed E-state index contributed by atoms with van der Waals surface area (Å²) in [5.74, 6) is -4.27. The molecule has 1 amide bonds. The highest BCUT2D eigenvalue weighted by Gasteiger charge is 2.23. The monoisotopic (exact) mass is 244 g/mol. The fourth-order valence-corrected chi connectivity index (χ4v) is 1.79. The number of rotatable bonds is 2. The van der Waals surface area contributed by atoms with E-state index in [1.807, 2.05) is 0 Å². The Hall–Kier alpha value is -1.56. The van der Waals surface area contributed by atoms with Crippen LogP contribution in [-0.4, -0.2) is 25.0 Å². The number of halogens is 3. The first kappa shape index (κ1) is 11.9. The van der Waals surface area contributed by atoms with Crippen molar-refractivity contribution >= 4 is 5.91 Å². The topological polar surface area (TPSA) is 41.1 Å². The molecule has 1 saturated heterocycles. The maximum Gasteiger partial charge on any atom is 0.257 e. The van der Waals surface area contributed by atoms with Crippen LogP contribution < -0.4 is 10.6 Å². The van der Waals surface area contributed by atoms with Crippen molar-refractivity contribution in [1.82, 2.24) is 10.6 Å². The van der Waals surface area contributed by atoms with E-state index in [9.17, 15) is 18.0 Å². The second kappa shape index (κ2) is 4.75. The number of nitrogens with one attached hydrogen (secondary N) is 2. The first-order valence-corrected chi connectivity index (χ1v) is 5.24. The van der Waals surface area contributed by atoms with Gasteiger partial charge in [-0.25, -0.2) is 13.2 Å². The number of amides is 1. The molecule has 6 heteroatoms. The van der Waals surface area contributed by atoms with Crippen LogP contribution in [-0.2, 0) is 0 Å². The predicted molar refractivity (Wildman–Crippen MR) is 55.1 cm³/mol. The van der Waals surface area contributed by atoms with Crippen molar-refractivity contribution < 1.29 is 18.0 Å². The second-order valence-corrected chi connectivity index (χ2v) is 3.91. The van der Waals surface area contributed by atoms with Crippen molar-refractivity contribution in [2.45, 2.75) is 12.5 Å². The summed E-state index contributed by atoms with van der Waals surface area (Å²) < 4.78 is 39.2. The van der Waals surface area contributed by atoms with Gasteiger partial charge >= 0.3 is 0 Å². The molecule has 0 radical (unpaired) electrons. The standard InChI is InChI=1S/C11H11F3N2O/c12-6-3-8(13)10(9(14)4-6)11(17)16-7-1-2-15-5-7/h3-4,7,15H,1-2,5H2,(H,16,17). The van der Waals surface area contributed by atoms with Gasteiger partial charge in [-0.3, -0.25) is 4.79 Å². The minimum Gasteiger partial charge on any atom is -0.348 e. The Labute approximate surface area is 96.0 Å². The van der Waals surface area contributed by atoms with E-state index in [4.69, 9.17) is 0 Å². The molecule has 1 atom stereocenters. The molecule has 2 rings (SSSR count). The minimum absolute atomic E-state index is 0.147.